The summed E-state index contributed by atoms with van der Waals surface area (Å²) >= 11 is 5.38. The maximum absolute atomic E-state index is 3.58. The molecule has 0 atom stereocenters. The molecular weight excluding hydrogens is 284 g/mol. The quantitative estimate of drug-likeness (QED) is 0.920. The molecule has 0 aliphatic carbocycles. The summed E-state index contributed by atoms with van der Waals surface area (Å²) in [7, 11) is 2.21. The molecule has 4 heteroatoms. The molecule has 1 aromatic heterocycles. The molecule has 16 heavy (non-hydrogen) atoms. The second-order valence-corrected chi connectivity index (χ2v) is 6.42. The Hall–Kier alpha value is 0.100. The lowest BCUT2D eigenvalue weighted by Gasteiger charge is -2.29. The van der Waals surface area contributed by atoms with E-state index in [1.807, 2.05) is 11.3 Å². The van der Waals surface area contributed by atoms with E-state index in [0.717, 1.165) is 19.0 Å². The van der Waals surface area contributed by atoms with Crippen LogP contribution in [0.4, 0.5) is 0 Å². The van der Waals surface area contributed by atoms with Gasteiger partial charge in [0.15, 0.2) is 0 Å². The van der Waals surface area contributed by atoms with E-state index in [2.05, 4.69) is 44.6 Å². The van der Waals surface area contributed by atoms with E-state index in [0.29, 0.717) is 0 Å². The maximum Gasteiger partial charge on any atom is 0.0327 e. The van der Waals surface area contributed by atoms with Gasteiger partial charge in [-0.1, -0.05) is 0 Å². The number of halogens is 1. The molecule has 1 aromatic rings. The predicted octanol–water partition coefficient (Wildman–Crippen LogP) is 2.94. The van der Waals surface area contributed by atoms with Crippen molar-refractivity contribution in [3.05, 3.63) is 20.8 Å². The lowest BCUT2D eigenvalue weighted by Crippen LogP contribution is -2.34. The Labute approximate surface area is 110 Å². The minimum absolute atomic E-state index is 0.870. The Bertz CT molecular complexity index is 319. The Morgan fingerprint density at radius 2 is 2.25 bits per heavy atom. The molecule has 0 spiro atoms. The molecule has 2 nitrogen and oxygen atoms in total. The average molecular weight is 303 g/mol. The van der Waals surface area contributed by atoms with E-state index < -0.39 is 0 Å². The van der Waals surface area contributed by atoms with Gasteiger partial charge in [-0.2, -0.15) is 0 Å². The molecule has 1 N–H and O–H groups in total. The first-order valence-corrected chi connectivity index (χ1v) is 7.54. The highest BCUT2D eigenvalue weighted by Gasteiger charge is 2.15. The molecule has 0 unspecified atom stereocenters. The Morgan fingerprint density at radius 3 is 2.88 bits per heavy atom. The molecule has 90 valence electrons. The largest absolute Gasteiger partial charge is 0.312 e. The standard InChI is InChI=1S/C12H19BrN2S/c1-15-5-2-10(3-6-15)8-14-9-12-11(13)4-7-16-12/h4,7,10,14H,2-3,5-6,8-9H2,1H3. The first-order valence-electron chi connectivity index (χ1n) is 5.87. The third kappa shape index (κ3) is 3.55. The molecule has 2 rings (SSSR count). The van der Waals surface area contributed by atoms with Gasteiger partial charge in [-0.25, -0.2) is 0 Å². The van der Waals surface area contributed by atoms with Crippen LogP contribution in [0.2, 0.25) is 0 Å². The van der Waals surface area contributed by atoms with Crippen LogP contribution in [0.1, 0.15) is 17.7 Å². The number of hydrogen-bond acceptors (Lipinski definition) is 3. The van der Waals surface area contributed by atoms with E-state index in [-0.39, 0.29) is 0 Å². The van der Waals surface area contributed by atoms with E-state index in [9.17, 15) is 0 Å². The van der Waals surface area contributed by atoms with Gasteiger partial charge in [0.05, 0.1) is 0 Å². The molecule has 2 heterocycles. The zero-order valence-corrected chi connectivity index (χ0v) is 12.1. The third-order valence-electron chi connectivity index (χ3n) is 3.25. The second-order valence-electron chi connectivity index (χ2n) is 4.57. The van der Waals surface area contributed by atoms with Crippen molar-refractivity contribution >= 4 is 27.3 Å². The lowest BCUT2D eigenvalue weighted by molar-refractivity contribution is 0.216. The minimum atomic E-state index is 0.870. The summed E-state index contributed by atoms with van der Waals surface area (Å²) in [5.41, 5.74) is 0. The Balaban J connectivity index is 1.67. The normalized spacial score (nSPS) is 19.1. The number of nitrogens with one attached hydrogen (secondary N) is 1. The van der Waals surface area contributed by atoms with Crippen LogP contribution >= 0.6 is 27.3 Å². The first kappa shape index (κ1) is 12.6. The van der Waals surface area contributed by atoms with Crippen molar-refractivity contribution in [2.24, 2.45) is 5.92 Å². The number of hydrogen-bond donors (Lipinski definition) is 1. The van der Waals surface area contributed by atoms with E-state index >= 15 is 0 Å². The van der Waals surface area contributed by atoms with Gasteiger partial charge in [0, 0.05) is 15.9 Å². The smallest absolute Gasteiger partial charge is 0.0327 e. The van der Waals surface area contributed by atoms with Gasteiger partial charge < -0.3 is 10.2 Å². The molecule has 1 saturated heterocycles. The number of nitrogens with zero attached hydrogens (tertiary/aromatic N) is 1. The highest BCUT2D eigenvalue weighted by atomic mass is 79.9. The topological polar surface area (TPSA) is 15.3 Å². The van der Waals surface area contributed by atoms with Crippen LogP contribution in [0.3, 0.4) is 0 Å². The Kier molecular flexibility index (Phi) is 4.82. The van der Waals surface area contributed by atoms with Crippen molar-refractivity contribution in [3.63, 3.8) is 0 Å². The van der Waals surface area contributed by atoms with Crippen LogP contribution < -0.4 is 5.32 Å². The van der Waals surface area contributed by atoms with E-state index in [4.69, 9.17) is 0 Å². The van der Waals surface area contributed by atoms with Gasteiger partial charge in [0.1, 0.15) is 0 Å². The Morgan fingerprint density at radius 1 is 1.50 bits per heavy atom. The molecule has 1 fully saturated rings. The van der Waals surface area contributed by atoms with Gasteiger partial charge in [0.25, 0.3) is 0 Å². The van der Waals surface area contributed by atoms with Gasteiger partial charge in [-0.05, 0) is 72.8 Å². The average Bonchev–Trinajstić information content (AvgIpc) is 2.68. The minimum Gasteiger partial charge on any atom is -0.312 e. The van der Waals surface area contributed by atoms with Crippen molar-refractivity contribution < 1.29 is 0 Å². The summed E-state index contributed by atoms with van der Waals surface area (Å²) in [6, 6.07) is 2.12. The fraction of sp³-hybridized carbons (Fsp3) is 0.667. The SMILES string of the molecule is CN1CCC(CNCc2sccc2Br)CC1. The first-order chi connectivity index (χ1) is 7.75. The van der Waals surface area contributed by atoms with Gasteiger partial charge >= 0.3 is 0 Å². The van der Waals surface area contributed by atoms with Crippen molar-refractivity contribution in [2.75, 3.05) is 26.7 Å². The number of rotatable bonds is 4. The number of thiophene rings is 1. The third-order valence-corrected chi connectivity index (χ3v) is 5.17. The predicted molar refractivity (Wildman–Crippen MR) is 73.9 cm³/mol. The highest BCUT2D eigenvalue weighted by molar-refractivity contribution is 9.10. The zero-order valence-electron chi connectivity index (χ0n) is 9.71. The van der Waals surface area contributed by atoms with Crippen LogP contribution in [-0.2, 0) is 6.54 Å². The van der Waals surface area contributed by atoms with Crippen LogP contribution in [0.5, 0.6) is 0 Å². The fourth-order valence-corrected chi connectivity index (χ4v) is 3.57. The van der Waals surface area contributed by atoms with Crippen molar-refractivity contribution in [3.8, 4) is 0 Å². The summed E-state index contributed by atoms with van der Waals surface area (Å²) in [6.45, 7) is 4.69. The zero-order chi connectivity index (χ0) is 11.4. The van der Waals surface area contributed by atoms with Gasteiger partial charge in [0.2, 0.25) is 0 Å². The van der Waals surface area contributed by atoms with Crippen LogP contribution in [0, 0.1) is 5.92 Å². The van der Waals surface area contributed by atoms with Gasteiger partial charge in [-0.3, -0.25) is 0 Å². The van der Waals surface area contributed by atoms with Crippen LogP contribution in [-0.4, -0.2) is 31.6 Å². The molecule has 0 radical (unpaired) electrons. The molecule has 0 bridgehead atoms. The summed E-state index contributed by atoms with van der Waals surface area (Å²) < 4.78 is 1.24. The molecule has 0 aromatic carbocycles. The van der Waals surface area contributed by atoms with E-state index in [1.165, 1.54) is 35.3 Å². The summed E-state index contributed by atoms with van der Waals surface area (Å²) in [4.78, 5) is 3.83. The van der Waals surface area contributed by atoms with E-state index in [1.54, 1.807) is 0 Å². The van der Waals surface area contributed by atoms with Gasteiger partial charge in [-0.15, -0.1) is 11.3 Å². The summed E-state index contributed by atoms with van der Waals surface area (Å²) in [6.07, 6.45) is 2.68. The number of piperidine rings is 1. The molecule has 1 aliphatic rings. The van der Waals surface area contributed by atoms with Crippen molar-refractivity contribution in [1.29, 1.82) is 0 Å². The monoisotopic (exact) mass is 302 g/mol. The summed E-state index contributed by atoms with van der Waals surface area (Å²) in [5.74, 6) is 0.870. The molecule has 0 amide bonds. The van der Waals surface area contributed by atoms with Crippen LogP contribution in [0.15, 0.2) is 15.9 Å². The molecule has 0 saturated carbocycles. The van der Waals surface area contributed by atoms with Crippen molar-refractivity contribution in [2.45, 2.75) is 19.4 Å². The molecular formula is C12H19BrN2S. The second kappa shape index (κ2) is 6.15. The number of likely N-dealkylation sites (tertiary alicyclic amines) is 1. The summed E-state index contributed by atoms with van der Waals surface area (Å²) in [5, 5.41) is 5.71. The lowest BCUT2D eigenvalue weighted by atomic mass is 9.97. The fourth-order valence-electron chi connectivity index (χ4n) is 2.11. The maximum atomic E-state index is 3.58. The van der Waals surface area contributed by atoms with Crippen LogP contribution in [0.25, 0.3) is 0 Å². The van der Waals surface area contributed by atoms with Crippen molar-refractivity contribution in [1.82, 2.24) is 10.2 Å². The highest BCUT2D eigenvalue weighted by Crippen LogP contribution is 2.22. The molecule has 1 aliphatic heterocycles.